The quantitative estimate of drug-likeness (QED) is 0.637. The summed E-state index contributed by atoms with van der Waals surface area (Å²) >= 11 is 0. The van der Waals surface area contributed by atoms with E-state index in [0.717, 1.165) is 16.8 Å². The van der Waals surface area contributed by atoms with Crippen molar-refractivity contribution in [3.05, 3.63) is 101 Å². The number of hydrogen-bond acceptors (Lipinski definition) is 3. The Labute approximate surface area is 157 Å². The number of benzene rings is 3. The Balaban J connectivity index is 1.80. The van der Waals surface area contributed by atoms with Crippen LogP contribution in [0.4, 0.5) is 5.69 Å². The van der Waals surface area contributed by atoms with Gasteiger partial charge >= 0.3 is 0 Å². The molecule has 0 bridgehead atoms. The molecule has 0 saturated carbocycles. The van der Waals surface area contributed by atoms with Gasteiger partial charge in [0.05, 0.1) is 18.2 Å². The molecule has 0 atom stereocenters. The van der Waals surface area contributed by atoms with Crippen molar-refractivity contribution in [1.29, 1.82) is 5.26 Å². The van der Waals surface area contributed by atoms with E-state index in [2.05, 4.69) is 6.07 Å². The summed E-state index contributed by atoms with van der Waals surface area (Å²) in [6.45, 7) is 0.396. The molecule has 0 saturated heterocycles. The first kappa shape index (κ1) is 16.6. The highest BCUT2D eigenvalue weighted by Crippen LogP contribution is 2.31. The van der Waals surface area contributed by atoms with E-state index >= 15 is 0 Å². The Morgan fingerprint density at radius 3 is 2.37 bits per heavy atom. The van der Waals surface area contributed by atoms with Crippen molar-refractivity contribution in [3.8, 4) is 11.8 Å². The van der Waals surface area contributed by atoms with Gasteiger partial charge in [0.1, 0.15) is 5.75 Å². The fraction of sp³-hybridized carbons (Fsp3) is 0.0435. The van der Waals surface area contributed by atoms with Crippen LogP contribution in [0.3, 0.4) is 0 Å². The minimum absolute atomic E-state index is 0.222. The molecule has 4 nitrogen and oxygen atoms in total. The van der Waals surface area contributed by atoms with Gasteiger partial charge in [-0.05, 0) is 42.0 Å². The third-order valence-electron chi connectivity index (χ3n) is 4.38. The predicted molar refractivity (Wildman–Crippen MR) is 104 cm³/mol. The number of hydrogen-bond donors (Lipinski definition) is 0. The molecule has 1 heterocycles. The summed E-state index contributed by atoms with van der Waals surface area (Å²) in [5, 5.41) is 9.01. The van der Waals surface area contributed by atoms with Crippen molar-refractivity contribution in [3.63, 3.8) is 0 Å². The second kappa shape index (κ2) is 7.19. The fourth-order valence-corrected chi connectivity index (χ4v) is 2.99. The molecule has 3 aromatic rings. The van der Waals surface area contributed by atoms with Gasteiger partial charge in [0.2, 0.25) is 0 Å². The molecule has 0 aliphatic carbocycles. The Morgan fingerprint density at radius 1 is 0.926 bits per heavy atom. The third kappa shape index (κ3) is 3.44. The van der Waals surface area contributed by atoms with Crippen molar-refractivity contribution < 1.29 is 9.53 Å². The van der Waals surface area contributed by atoms with Gasteiger partial charge in [-0.15, -0.1) is 0 Å². The van der Waals surface area contributed by atoms with E-state index in [9.17, 15) is 4.79 Å². The van der Waals surface area contributed by atoms with Crippen LogP contribution < -0.4 is 9.64 Å². The van der Waals surface area contributed by atoms with Gasteiger partial charge < -0.3 is 9.64 Å². The molecule has 1 amide bonds. The molecule has 4 rings (SSSR count). The van der Waals surface area contributed by atoms with Crippen LogP contribution in [-0.4, -0.2) is 5.91 Å². The lowest BCUT2D eigenvalue weighted by molar-refractivity contribution is -0.116. The van der Waals surface area contributed by atoms with Crippen LogP contribution in [0.5, 0.6) is 5.75 Å². The molecule has 3 aromatic carbocycles. The standard InChI is InChI=1S/C23H16N2O2/c24-15-18-10-12-20(13-11-18)25-16-19-8-4-5-9-21(19)27-22(23(25)26)14-17-6-2-1-3-7-17/h1-14H,16H2/b22-14-. The van der Waals surface area contributed by atoms with E-state index in [-0.39, 0.29) is 11.7 Å². The van der Waals surface area contributed by atoms with Crippen molar-refractivity contribution in [2.45, 2.75) is 6.54 Å². The van der Waals surface area contributed by atoms with Gasteiger partial charge in [0.25, 0.3) is 5.91 Å². The Kier molecular flexibility index (Phi) is 4.42. The van der Waals surface area contributed by atoms with E-state index in [1.54, 1.807) is 35.2 Å². The van der Waals surface area contributed by atoms with Gasteiger partial charge in [-0.25, -0.2) is 0 Å². The van der Waals surface area contributed by atoms with Crippen molar-refractivity contribution in [1.82, 2.24) is 0 Å². The number of amides is 1. The van der Waals surface area contributed by atoms with E-state index in [0.29, 0.717) is 17.9 Å². The monoisotopic (exact) mass is 352 g/mol. The summed E-state index contributed by atoms with van der Waals surface area (Å²) in [7, 11) is 0. The normalized spacial score (nSPS) is 14.9. The average molecular weight is 352 g/mol. The number of ether oxygens (including phenoxy) is 1. The molecule has 0 spiro atoms. The van der Waals surface area contributed by atoms with Gasteiger partial charge in [-0.3, -0.25) is 4.79 Å². The molecule has 0 aromatic heterocycles. The summed E-state index contributed by atoms with van der Waals surface area (Å²) in [5.74, 6) is 0.708. The lowest BCUT2D eigenvalue weighted by atomic mass is 10.1. The second-order valence-electron chi connectivity index (χ2n) is 6.18. The van der Waals surface area contributed by atoms with Gasteiger partial charge in [-0.1, -0.05) is 48.5 Å². The molecule has 0 fully saturated rings. The van der Waals surface area contributed by atoms with E-state index in [4.69, 9.17) is 10.00 Å². The van der Waals surface area contributed by atoms with Crippen LogP contribution in [-0.2, 0) is 11.3 Å². The smallest absolute Gasteiger partial charge is 0.294 e. The highest BCUT2D eigenvalue weighted by molar-refractivity contribution is 6.07. The Bertz CT molecular complexity index is 1050. The van der Waals surface area contributed by atoms with E-state index in [1.165, 1.54) is 0 Å². The molecule has 4 heteroatoms. The first-order valence-electron chi connectivity index (χ1n) is 8.59. The zero-order chi connectivity index (χ0) is 18.6. The predicted octanol–water partition coefficient (Wildman–Crippen LogP) is 4.52. The van der Waals surface area contributed by atoms with Gasteiger partial charge in [0, 0.05) is 11.3 Å². The second-order valence-corrected chi connectivity index (χ2v) is 6.18. The highest BCUT2D eigenvalue weighted by Gasteiger charge is 2.27. The molecule has 0 radical (unpaired) electrons. The topological polar surface area (TPSA) is 53.3 Å². The number of para-hydroxylation sites is 1. The molecule has 0 unspecified atom stereocenters. The zero-order valence-electron chi connectivity index (χ0n) is 14.5. The summed E-state index contributed by atoms with van der Waals surface area (Å²) in [5.41, 5.74) is 3.09. The summed E-state index contributed by atoms with van der Waals surface area (Å²) in [6, 6.07) is 26.3. The first-order chi connectivity index (χ1) is 13.2. The molecule has 130 valence electrons. The van der Waals surface area contributed by atoms with Crippen LogP contribution in [0.15, 0.2) is 84.6 Å². The van der Waals surface area contributed by atoms with Crippen LogP contribution in [0.1, 0.15) is 16.7 Å². The third-order valence-corrected chi connectivity index (χ3v) is 4.38. The van der Waals surface area contributed by atoms with Crippen LogP contribution in [0.25, 0.3) is 6.08 Å². The number of carbonyl (C=O) groups excluding carboxylic acids is 1. The Hall–Kier alpha value is -3.84. The number of carbonyl (C=O) groups is 1. The maximum atomic E-state index is 13.2. The lowest BCUT2D eigenvalue weighted by Crippen LogP contribution is -2.31. The number of nitriles is 1. The van der Waals surface area contributed by atoms with Gasteiger partial charge in [0.15, 0.2) is 5.76 Å². The molecule has 27 heavy (non-hydrogen) atoms. The molecule has 1 aliphatic rings. The van der Waals surface area contributed by atoms with Crippen LogP contribution >= 0.6 is 0 Å². The number of fused-ring (bicyclic) bond motifs is 1. The van der Waals surface area contributed by atoms with Crippen molar-refractivity contribution >= 4 is 17.7 Å². The zero-order valence-corrected chi connectivity index (χ0v) is 14.5. The Morgan fingerprint density at radius 2 is 1.63 bits per heavy atom. The highest BCUT2D eigenvalue weighted by atomic mass is 16.5. The molecular formula is C23H16N2O2. The maximum absolute atomic E-state index is 13.2. The fourth-order valence-electron chi connectivity index (χ4n) is 2.99. The number of anilines is 1. The van der Waals surface area contributed by atoms with Crippen LogP contribution in [0.2, 0.25) is 0 Å². The molecule has 1 aliphatic heterocycles. The average Bonchev–Trinajstić information content (AvgIpc) is 2.86. The van der Waals surface area contributed by atoms with Gasteiger partial charge in [-0.2, -0.15) is 5.26 Å². The number of rotatable bonds is 2. The first-order valence-corrected chi connectivity index (χ1v) is 8.59. The summed E-state index contributed by atoms with van der Waals surface area (Å²) in [4.78, 5) is 14.9. The molecule has 0 N–H and O–H groups in total. The van der Waals surface area contributed by atoms with E-state index < -0.39 is 0 Å². The summed E-state index contributed by atoms with van der Waals surface area (Å²) < 4.78 is 5.99. The number of nitrogens with zero attached hydrogens (tertiary/aromatic N) is 2. The molecular weight excluding hydrogens is 336 g/mol. The summed E-state index contributed by atoms with van der Waals surface area (Å²) in [6.07, 6.45) is 1.75. The van der Waals surface area contributed by atoms with Crippen molar-refractivity contribution in [2.75, 3.05) is 4.90 Å². The van der Waals surface area contributed by atoms with Crippen molar-refractivity contribution in [2.24, 2.45) is 0 Å². The minimum Gasteiger partial charge on any atom is -0.451 e. The van der Waals surface area contributed by atoms with Crippen LogP contribution in [0, 0.1) is 11.3 Å². The SMILES string of the molecule is N#Cc1ccc(N2Cc3ccccc3O/C(=C\c3ccccc3)C2=O)cc1. The maximum Gasteiger partial charge on any atom is 0.294 e. The van der Waals surface area contributed by atoms with E-state index in [1.807, 2.05) is 54.6 Å². The minimum atomic E-state index is -0.222. The lowest BCUT2D eigenvalue weighted by Gasteiger charge is -2.20. The largest absolute Gasteiger partial charge is 0.451 e.